The average Bonchev–Trinajstić information content (AvgIpc) is 3.49. The van der Waals surface area contributed by atoms with Crippen LogP contribution in [-0.2, 0) is 22.6 Å². The maximum Gasteiger partial charge on any atom is 0.227 e. The van der Waals surface area contributed by atoms with Gasteiger partial charge in [-0.05, 0) is 49.7 Å². The molecule has 1 saturated heterocycles. The molecule has 0 bridgehead atoms. The predicted octanol–water partition coefficient (Wildman–Crippen LogP) is 3.64. The number of benzene rings is 2. The smallest absolute Gasteiger partial charge is 0.227 e. The Morgan fingerprint density at radius 1 is 1.16 bits per heavy atom. The quantitative estimate of drug-likeness (QED) is 0.667. The third-order valence-electron chi connectivity index (χ3n) is 6.02. The highest BCUT2D eigenvalue weighted by atomic mass is 16.5. The maximum atomic E-state index is 12.7. The Morgan fingerprint density at radius 2 is 1.97 bits per heavy atom. The van der Waals surface area contributed by atoms with E-state index < -0.39 is 0 Å². The van der Waals surface area contributed by atoms with E-state index in [4.69, 9.17) is 9.26 Å². The molecular formula is C25H25N3O4. The molecule has 2 aliphatic heterocycles. The SMILES string of the molecule is Cc1ccc(N2CC(C(=O)NCc3cc(-c4ccc5c(c4)CC(C)O5)on3)CC2=O)cc1. The van der Waals surface area contributed by atoms with Crippen molar-refractivity contribution in [1.29, 1.82) is 0 Å². The maximum absolute atomic E-state index is 12.7. The highest BCUT2D eigenvalue weighted by Crippen LogP contribution is 2.33. The third-order valence-corrected chi connectivity index (χ3v) is 6.02. The minimum Gasteiger partial charge on any atom is -0.490 e. The Kier molecular flexibility index (Phi) is 5.17. The molecule has 0 aliphatic carbocycles. The number of fused-ring (bicyclic) bond motifs is 1. The van der Waals surface area contributed by atoms with Crippen molar-refractivity contribution in [3.63, 3.8) is 0 Å². The Balaban J connectivity index is 1.19. The minimum absolute atomic E-state index is 0.0346. The van der Waals surface area contributed by atoms with Crippen molar-refractivity contribution >= 4 is 17.5 Å². The van der Waals surface area contributed by atoms with E-state index in [9.17, 15) is 9.59 Å². The van der Waals surface area contributed by atoms with Crippen molar-refractivity contribution in [1.82, 2.24) is 10.5 Å². The van der Waals surface area contributed by atoms with Crippen LogP contribution in [0.2, 0.25) is 0 Å². The number of ether oxygens (including phenoxy) is 1. The molecule has 2 atom stereocenters. The summed E-state index contributed by atoms with van der Waals surface area (Å²) in [4.78, 5) is 26.8. The number of carbonyl (C=O) groups excluding carboxylic acids is 2. The first-order valence-corrected chi connectivity index (χ1v) is 10.9. The van der Waals surface area contributed by atoms with E-state index in [0.717, 1.165) is 34.5 Å². The lowest BCUT2D eigenvalue weighted by Crippen LogP contribution is -2.32. The van der Waals surface area contributed by atoms with Crippen LogP contribution in [0.4, 0.5) is 5.69 Å². The predicted molar refractivity (Wildman–Crippen MR) is 119 cm³/mol. The van der Waals surface area contributed by atoms with Gasteiger partial charge in [0.2, 0.25) is 11.8 Å². The lowest BCUT2D eigenvalue weighted by Gasteiger charge is -2.16. The topological polar surface area (TPSA) is 84.7 Å². The fraction of sp³-hybridized carbons (Fsp3) is 0.320. The molecule has 1 N–H and O–H groups in total. The van der Waals surface area contributed by atoms with Gasteiger partial charge >= 0.3 is 0 Å². The minimum atomic E-state index is -0.381. The second-order valence-corrected chi connectivity index (χ2v) is 8.60. The molecule has 0 saturated carbocycles. The van der Waals surface area contributed by atoms with Crippen LogP contribution in [0.25, 0.3) is 11.3 Å². The summed E-state index contributed by atoms with van der Waals surface area (Å²) in [7, 11) is 0. The number of hydrogen-bond acceptors (Lipinski definition) is 5. The van der Waals surface area contributed by atoms with Gasteiger partial charge in [-0.15, -0.1) is 0 Å². The van der Waals surface area contributed by atoms with E-state index in [-0.39, 0.29) is 36.8 Å². The summed E-state index contributed by atoms with van der Waals surface area (Å²) in [6.07, 6.45) is 1.27. The van der Waals surface area contributed by atoms with Crippen LogP contribution < -0.4 is 15.0 Å². The van der Waals surface area contributed by atoms with Gasteiger partial charge in [0.15, 0.2) is 5.76 Å². The number of anilines is 1. The Bertz CT molecular complexity index is 1170. The van der Waals surface area contributed by atoms with Crippen molar-refractivity contribution in [3.05, 3.63) is 65.4 Å². The summed E-state index contributed by atoms with van der Waals surface area (Å²) in [5.41, 5.74) is 4.68. The van der Waals surface area contributed by atoms with Crippen molar-refractivity contribution in [3.8, 4) is 17.1 Å². The van der Waals surface area contributed by atoms with Gasteiger partial charge in [0.1, 0.15) is 17.5 Å². The van der Waals surface area contributed by atoms with Crippen molar-refractivity contribution in [2.75, 3.05) is 11.4 Å². The molecule has 32 heavy (non-hydrogen) atoms. The first kappa shape index (κ1) is 20.3. The monoisotopic (exact) mass is 431 g/mol. The van der Waals surface area contributed by atoms with Crippen LogP contribution in [-0.4, -0.2) is 29.6 Å². The Hall–Kier alpha value is -3.61. The van der Waals surface area contributed by atoms with Crippen molar-refractivity contribution in [2.24, 2.45) is 5.92 Å². The lowest BCUT2D eigenvalue weighted by atomic mass is 10.1. The summed E-state index contributed by atoms with van der Waals surface area (Å²) in [6, 6.07) is 15.6. The molecule has 7 nitrogen and oxygen atoms in total. The zero-order chi connectivity index (χ0) is 22.2. The number of nitrogens with zero attached hydrogens (tertiary/aromatic N) is 2. The molecule has 3 aromatic rings. The Morgan fingerprint density at radius 3 is 2.78 bits per heavy atom. The molecule has 5 rings (SSSR count). The standard InChI is InChI=1S/C25H25N3O4/c1-15-3-6-21(7-4-15)28-14-19(11-24(28)29)25(30)26-13-20-12-23(32-27-20)17-5-8-22-18(10-17)9-16(2)31-22/h3-8,10,12,16,19H,9,11,13-14H2,1-2H3,(H,26,30). The summed E-state index contributed by atoms with van der Waals surface area (Å²) < 4.78 is 11.2. The molecule has 2 aromatic carbocycles. The van der Waals surface area contributed by atoms with E-state index in [1.54, 1.807) is 4.90 Å². The van der Waals surface area contributed by atoms with Crippen LogP contribution in [0.1, 0.15) is 30.2 Å². The van der Waals surface area contributed by atoms with E-state index >= 15 is 0 Å². The number of aromatic nitrogens is 1. The Labute approximate surface area is 186 Å². The van der Waals surface area contributed by atoms with Gasteiger partial charge in [-0.1, -0.05) is 22.9 Å². The summed E-state index contributed by atoms with van der Waals surface area (Å²) in [6.45, 7) is 4.68. The van der Waals surface area contributed by atoms with Gasteiger partial charge in [0.05, 0.1) is 12.5 Å². The molecular weight excluding hydrogens is 406 g/mol. The van der Waals surface area contributed by atoms with E-state index in [2.05, 4.69) is 16.5 Å². The lowest BCUT2D eigenvalue weighted by molar-refractivity contribution is -0.126. The molecule has 2 aliphatic rings. The van der Waals surface area contributed by atoms with Crippen LogP contribution in [0.15, 0.2) is 53.1 Å². The number of aryl methyl sites for hydroxylation is 1. The van der Waals surface area contributed by atoms with E-state index in [1.165, 1.54) is 0 Å². The molecule has 1 aromatic heterocycles. The van der Waals surface area contributed by atoms with Gasteiger partial charge < -0.3 is 19.5 Å². The molecule has 0 spiro atoms. The van der Waals surface area contributed by atoms with Crippen LogP contribution in [0.3, 0.4) is 0 Å². The number of carbonyl (C=O) groups is 2. The van der Waals surface area contributed by atoms with Crippen LogP contribution in [0.5, 0.6) is 5.75 Å². The first-order chi connectivity index (χ1) is 15.5. The molecule has 2 amide bonds. The molecule has 1 fully saturated rings. The van der Waals surface area contributed by atoms with Gasteiger partial charge in [0.25, 0.3) is 0 Å². The van der Waals surface area contributed by atoms with E-state index in [0.29, 0.717) is 18.0 Å². The van der Waals surface area contributed by atoms with Crippen molar-refractivity contribution in [2.45, 2.75) is 39.3 Å². The average molecular weight is 431 g/mol. The largest absolute Gasteiger partial charge is 0.490 e. The second-order valence-electron chi connectivity index (χ2n) is 8.60. The van der Waals surface area contributed by atoms with Gasteiger partial charge in [0, 0.05) is 36.7 Å². The summed E-state index contributed by atoms with van der Waals surface area (Å²) in [5.74, 6) is 1.000. The normalized spacial score (nSPS) is 19.7. The highest BCUT2D eigenvalue weighted by Gasteiger charge is 2.35. The number of hydrogen-bond donors (Lipinski definition) is 1. The first-order valence-electron chi connectivity index (χ1n) is 10.9. The zero-order valence-corrected chi connectivity index (χ0v) is 18.1. The molecule has 7 heteroatoms. The zero-order valence-electron chi connectivity index (χ0n) is 18.1. The molecule has 0 radical (unpaired) electrons. The van der Waals surface area contributed by atoms with Crippen LogP contribution >= 0.6 is 0 Å². The summed E-state index contributed by atoms with van der Waals surface area (Å²) >= 11 is 0. The molecule has 164 valence electrons. The van der Waals surface area contributed by atoms with Crippen LogP contribution in [0, 0.1) is 12.8 Å². The molecule has 2 unspecified atom stereocenters. The van der Waals surface area contributed by atoms with Gasteiger partial charge in [-0.3, -0.25) is 9.59 Å². The van der Waals surface area contributed by atoms with E-state index in [1.807, 2.05) is 56.3 Å². The molecule has 3 heterocycles. The number of amides is 2. The van der Waals surface area contributed by atoms with Crippen molar-refractivity contribution < 1.29 is 18.8 Å². The second kappa shape index (κ2) is 8.15. The summed E-state index contributed by atoms with van der Waals surface area (Å²) in [5, 5.41) is 6.98. The highest BCUT2D eigenvalue weighted by molar-refractivity contribution is 6.00. The van der Waals surface area contributed by atoms with Gasteiger partial charge in [-0.25, -0.2) is 0 Å². The number of nitrogens with one attached hydrogen (secondary N) is 1. The number of rotatable bonds is 5. The third kappa shape index (κ3) is 3.98. The van der Waals surface area contributed by atoms with Gasteiger partial charge in [-0.2, -0.15) is 0 Å². The fourth-order valence-corrected chi connectivity index (χ4v) is 4.29. The fourth-order valence-electron chi connectivity index (χ4n) is 4.29.